The Hall–Kier alpha value is -0.830. The van der Waals surface area contributed by atoms with E-state index in [-0.39, 0.29) is 24.0 Å². The van der Waals surface area contributed by atoms with Crippen molar-refractivity contribution in [2.45, 2.75) is 25.3 Å². The zero-order valence-corrected chi connectivity index (χ0v) is 6.92. The van der Waals surface area contributed by atoms with Gasteiger partial charge in [0.25, 0.3) is 0 Å². The quantitative estimate of drug-likeness (QED) is 0.548. The number of hydrogen-bond acceptors (Lipinski definition) is 2. The molecular weight excluding hydrogens is 154 g/mol. The van der Waals surface area contributed by atoms with E-state index >= 15 is 0 Å². The van der Waals surface area contributed by atoms with Crippen LogP contribution in [-0.2, 0) is 4.79 Å². The highest BCUT2D eigenvalue weighted by Crippen LogP contribution is 2.41. The molecule has 0 radical (unpaired) electrons. The summed E-state index contributed by atoms with van der Waals surface area (Å²) in [4.78, 5) is 11.5. The third kappa shape index (κ3) is 0.966. The molecule has 1 spiro atoms. The lowest BCUT2D eigenvalue weighted by atomic mass is 9.82. The fourth-order valence-corrected chi connectivity index (χ4v) is 2.12. The Kier molecular flexibility index (Phi) is 1.68. The minimum absolute atomic E-state index is 0.0163. The van der Waals surface area contributed by atoms with Gasteiger partial charge in [-0.05, 0) is 19.3 Å². The number of nitrogens with one attached hydrogen (secondary N) is 1. The molecule has 0 saturated carbocycles. The molecule has 1 atom stereocenters. The molecule has 2 rings (SSSR count). The average Bonchev–Trinajstić information content (AvgIpc) is 2.63. The maximum absolute atomic E-state index is 11.5. The van der Waals surface area contributed by atoms with Crippen molar-refractivity contribution in [3.8, 4) is 0 Å². The van der Waals surface area contributed by atoms with Crippen LogP contribution in [0, 0.1) is 5.41 Å². The van der Waals surface area contributed by atoms with Gasteiger partial charge in [-0.1, -0.05) is 12.2 Å². The van der Waals surface area contributed by atoms with Gasteiger partial charge in [-0.25, -0.2) is 0 Å². The monoisotopic (exact) mass is 167 g/mol. The second-order valence-corrected chi connectivity index (χ2v) is 3.72. The Bertz CT molecular complexity index is 227. The molecule has 1 aliphatic carbocycles. The van der Waals surface area contributed by atoms with E-state index in [1.807, 2.05) is 0 Å². The lowest BCUT2D eigenvalue weighted by Gasteiger charge is -2.18. The molecular formula is C9H13NO2. The first-order valence-electron chi connectivity index (χ1n) is 4.34. The zero-order valence-electron chi connectivity index (χ0n) is 6.92. The summed E-state index contributed by atoms with van der Waals surface area (Å²) in [6.45, 7) is 0.0630. The minimum atomic E-state index is -0.201. The zero-order chi connectivity index (χ0) is 8.60. The Morgan fingerprint density at radius 1 is 1.58 bits per heavy atom. The van der Waals surface area contributed by atoms with E-state index in [2.05, 4.69) is 17.5 Å². The SMILES string of the molecule is O=C1NC(CO)CC12CC=CC2. The van der Waals surface area contributed by atoms with Gasteiger partial charge in [0.15, 0.2) is 0 Å². The molecule has 1 unspecified atom stereocenters. The standard InChI is InChI=1S/C9H13NO2/c11-6-7-5-9(8(12)10-7)3-1-2-4-9/h1-2,7,11H,3-6H2,(H,10,12). The molecule has 1 fully saturated rings. The maximum atomic E-state index is 11.5. The van der Waals surface area contributed by atoms with Crippen LogP contribution in [0.25, 0.3) is 0 Å². The molecule has 1 aliphatic heterocycles. The van der Waals surface area contributed by atoms with E-state index < -0.39 is 0 Å². The summed E-state index contributed by atoms with van der Waals surface area (Å²) in [7, 11) is 0. The second kappa shape index (κ2) is 2.59. The van der Waals surface area contributed by atoms with E-state index in [9.17, 15) is 4.79 Å². The molecule has 0 aromatic heterocycles. The molecule has 2 aliphatic rings. The van der Waals surface area contributed by atoms with Gasteiger partial charge in [-0.15, -0.1) is 0 Å². The molecule has 0 aromatic carbocycles. The Balaban J connectivity index is 2.13. The first kappa shape index (κ1) is 7.80. The summed E-state index contributed by atoms with van der Waals surface area (Å²) in [5.74, 6) is 0.117. The number of rotatable bonds is 1. The van der Waals surface area contributed by atoms with Crippen molar-refractivity contribution in [3.63, 3.8) is 0 Å². The van der Waals surface area contributed by atoms with Crippen molar-refractivity contribution in [1.29, 1.82) is 0 Å². The number of carbonyl (C=O) groups is 1. The molecule has 0 bridgehead atoms. The first-order chi connectivity index (χ1) is 5.77. The van der Waals surface area contributed by atoms with Crippen molar-refractivity contribution in [2.75, 3.05) is 6.61 Å². The fraction of sp³-hybridized carbons (Fsp3) is 0.667. The van der Waals surface area contributed by atoms with Gasteiger partial charge in [0.2, 0.25) is 5.91 Å². The Labute approximate surface area is 71.5 Å². The van der Waals surface area contributed by atoms with Crippen LogP contribution in [0.4, 0.5) is 0 Å². The van der Waals surface area contributed by atoms with Crippen LogP contribution in [0.3, 0.4) is 0 Å². The molecule has 1 amide bonds. The fourth-order valence-electron chi connectivity index (χ4n) is 2.12. The highest BCUT2D eigenvalue weighted by Gasteiger charge is 2.46. The highest BCUT2D eigenvalue weighted by atomic mass is 16.3. The highest BCUT2D eigenvalue weighted by molar-refractivity contribution is 5.86. The van der Waals surface area contributed by atoms with Gasteiger partial charge < -0.3 is 10.4 Å². The summed E-state index contributed by atoms with van der Waals surface area (Å²) in [5.41, 5.74) is -0.201. The van der Waals surface area contributed by atoms with Gasteiger partial charge in [-0.2, -0.15) is 0 Å². The van der Waals surface area contributed by atoms with Crippen LogP contribution in [0.1, 0.15) is 19.3 Å². The summed E-state index contributed by atoms with van der Waals surface area (Å²) in [6, 6.07) is -0.0163. The van der Waals surface area contributed by atoms with Gasteiger partial charge in [0.05, 0.1) is 18.1 Å². The Morgan fingerprint density at radius 2 is 2.25 bits per heavy atom. The van der Waals surface area contributed by atoms with Crippen LogP contribution in [0.5, 0.6) is 0 Å². The third-order valence-electron chi connectivity index (χ3n) is 2.86. The normalized spacial score (nSPS) is 31.4. The van der Waals surface area contributed by atoms with E-state index in [0.29, 0.717) is 0 Å². The second-order valence-electron chi connectivity index (χ2n) is 3.72. The minimum Gasteiger partial charge on any atom is -0.394 e. The van der Waals surface area contributed by atoms with Gasteiger partial charge in [0.1, 0.15) is 0 Å². The lowest BCUT2D eigenvalue weighted by molar-refractivity contribution is -0.127. The summed E-state index contributed by atoms with van der Waals surface area (Å²) in [6.07, 6.45) is 6.58. The van der Waals surface area contributed by atoms with Crippen LogP contribution in [0.15, 0.2) is 12.2 Å². The van der Waals surface area contributed by atoms with E-state index in [0.717, 1.165) is 19.3 Å². The molecule has 3 heteroatoms. The third-order valence-corrected chi connectivity index (χ3v) is 2.86. The molecule has 1 heterocycles. The van der Waals surface area contributed by atoms with Crippen LogP contribution in [0.2, 0.25) is 0 Å². The number of aliphatic hydroxyl groups excluding tert-OH is 1. The van der Waals surface area contributed by atoms with Crippen LogP contribution in [-0.4, -0.2) is 23.7 Å². The van der Waals surface area contributed by atoms with E-state index in [1.165, 1.54) is 0 Å². The van der Waals surface area contributed by atoms with Gasteiger partial charge in [0, 0.05) is 0 Å². The van der Waals surface area contributed by atoms with Crippen molar-refractivity contribution < 1.29 is 9.90 Å². The summed E-state index contributed by atoms with van der Waals surface area (Å²) >= 11 is 0. The first-order valence-corrected chi connectivity index (χ1v) is 4.34. The molecule has 3 nitrogen and oxygen atoms in total. The molecule has 12 heavy (non-hydrogen) atoms. The number of hydrogen-bond donors (Lipinski definition) is 2. The Morgan fingerprint density at radius 3 is 2.75 bits per heavy atom. The predicted molar refractivity (Wildman–Crippen MR) is 44.4 cm³/mol. The van der Waals surface area contributed by atoms with Crippen molar-refractivity contribution >= 4 is 5.91 Å². The van der Waals surface area contributed by atoms with Crippen molar-refractivity contribution in [2.24, 2.45) is 5.41 Å². The number of carbonyl (C=O) groups excluding carboxylic acids is 1. The number of aliphatic hydroxyl groups is 1. The maximum Gasteiger partial charge on any atom is 0.227 e. The number of amides is 1. The lowest BCUT2D eigenvalue weighted by Crippen LogP contribution is -2.31. The van der Waals surface area contributed by atoms with Crippen LogP contribution < -0.4 is 5.32 Å². The van der Waals surface area contributed by atoms with Gasteiger partial charge in [-0.3, -0.25) is 4.79 Å². The smallest absolute Gasteiger partial charge is 0.227 e. The van der Waals surface area contributed by atoms with E-state index in [4.69, 9.17) is 5.11 Å². The largest absolute Gasteiger partial charge is 0.394 e. The molecule has 66 valence electrons. The molecule has 0 aromatic rings. The summed E-state index contributed by atoms with van der Waals surface area (Å²) < 4.78 is 0. The molecule has 2 N–H and O–H groups in total. The topological polar surface area (TPSA) is 49.3 Å². The van der Waals surface area contributed by atoms with Crippen molar-refractivity contribution in [1.82, 2.24) is 5.32 Å². The summed E-state index contributed by atoms with van der Waals surface area (Å²) in [5, 5.41) is 11.7. The average molecular weight is 167 g/mol. The van der Waals surface area contributed by atoms with Gasteiger partial charge >= 0.3 is 0 Å². The van der Waals surface area contributed by atoms with E-state index in [1.54, 1.807) is 0 Å². The molecule has 1 saturated heterocycles. The number of allylic oxidation sites excluding steroid dienone is 2. The predicted octanol–water partition coefficient (Wildman–Crippen LogP) is 0.204. The van der Waals surface area contributed by atoms with Crippen molar-refractivity contribution in [3.05, 3.63) is 12.2 Å². The van der Waals surface area contributed by atoms with Crippen LogP contribution >= 0.6 is 0 Å².